The van der Waals surface area contributed by atoms with Crippen LogP contribution in [-0.2, 0) is 18.4 Å². The van der Waals surface area contributed by atoms with Crippen molar-refractivity contribution in [3.63, 3.8) is 0 Å². The summed E-state index contributed by atoms with van der Waals surface area (Å²) in [4.78, 5) is 22.3. The van der Waals surface area contributed by atoms with Gasteiger partial charge in [-0.15, -0.1) is 0 Å². The zero-order chi connectivity index (χ0) is 13.6. The van der Waals surface area contributed by atoms with Crippen LogP contribution in [0.25, 0.3) is 0 Å². The Balaban J connectivity index is 4.92. The van der Waals surface area contributed by atoms with E-state index in [4.69, 9.17) is 16.5 Å². The molecule has 0 aliphatic carbocycles. The number of likely N-dealkylation sites (N-methyl/N-ethyl adjacent to an activating group) is 1. The second-order valence-corrected chi connectivity index (χ2v) is 4.95. The van der Waals surface area contributed by atoms with E-state index >= 15 is 0 Å². The Morgan fingerprint density at radius 3 is 2.24 bits per heavy atom. The van der Waals surface area contributed by atoms with Gasteiger partial charge in [-0.25, -0.2) is 4.57 Å². The van der Waals surface area contributed by atoms with Gasteiger partial charge in [0.1, 0.15) is 10.8 Å². The minimum Gasteiger partial charge on any atom is -0.407 e. The van der Waals surface area contributed by atoms with Crippen LogP contribution in [0.5, 0.6) is 0 Å². The molecule has 1 amide bonds. The molecular weight excluding hydrogens is 269 g/mol. The van der Waals surface area contributed by atoms with Crippen molar-refractivity contribution in [3.8, 4) is 0 Å². The maximum Gasteiger partial charge on any atom is 0.526 e. The van der Waals surface area contributed by atoms with Crippen molar-refractivity contribution in [2.75, 3.05) is 20.2 Å². The summed E-state index contributed by atoms with van der Waals surface area (Å²) in [6, 6.07) is 0. The van der Waals surface area contributed by atoms with Crippen LogP contribution in [0, 0.1) is 0 Å². The molecule has 0 rings (SSSR count). The fourth-order valence-electron chi connectivity index (χ4n) is 1.05. The third kappa shape index (κ3) is 5.08. The monoisotopic (exact) mass is 285 g/mol. The number of hydrogen-bond acceptors (Lipinski definition) is 4. The second-order valence-electron chi connectivity index (χ2n) is 3.09. The van der Waals surface area contributed by atoms with E-state index in [2.05, 4.69) is 9.05 Å². The molecule has 0 aromatic heterocycles. The predicted octanol–water partition coefficient (Wildman–Crippen LogP) is 2.09. The molecule has 6 nitrogen and oxygen atoms in total. The lowest BCUT2D eigenvalue weighted by Gasteiger charge is -2.19. The fraction of sp³-hybridized carbons (Fsp3) is 0.667. The van der Waals surface area contributed by atoms with Crippen molar-refractivity contribution in [3.05, 3.63) is 10.8 Å². The fourth-order valence-corrected chi connectivity index (χ4v) is 1.77. The van der Waals surface area contributed by atoms with Crippen LogP contribution in [0.4, 0.5) is 0 Å². The summed E-state index contributed by atoms with van der Waals surface area (Å²) < 4.78 is 19.9. The van der Waals surface area contributed by atoms with Crippen LogP contribution in [0.2, 0.25) is 0 Å². The van der Waals surface area contributed by atoms with Crippen molar-refractivity contribution >= 4 is 25.3 Å². The summed E-state index contributed by atoms with van der Waals surface area (Å²) in [6.45, 7) is 5.90. The lowest BCUT2D eigenvalue weighted by atomic mass is 10.4. The smallest absolute Gasteiger partial charge is 0.407 e. The van der Waals surface area contributed by atoms with Crippen molar-refractivity contribution < 1.29 is 23.3 Å². The van der Waals surface area contributed by atoms with E-state index in [1.165, 1.54) is 11.8 Å². The van der Waals surface area contributed by atoms with Crippen molar-refractivity contribution in [1.82, 2.24) is 4.90 Å². The molecule has 8 heteroatoms. The van der Waals surface area contributed by atoms with Gasteiger partial charge in [-0.05, 0) is 20.8 Å². The van der Waals surface area contributed by atoms with Gasteiger partial charge in [0.2, 0.25) is 0 Å². The Labute approximate surface area is 106 Å². The Hall–Kier alpha value is -0.550. The van der Waals surface area contributed by atoms with E-state index in [0.717, 1.165) is 7.11 Å². The van der Waals surface area contributed by atoms with Gasteiger partial charge in [0.25, 0.3) is 5.91 Å². The number of allylic oxidation sites excluding steroid dienone is 1. The molecule has 1 N–H and O–H groups in total. The standard InChI is InChI=1S/C9H17ClNO5P/c1-5-11(6-2)9(12)8(10)7(3)16-17(13,14)15-4/h5-6H2,1-4H3,(H,13,14). The summed E-state index contributed by atoms with van der Waals surface area (Å²) >= 11 is 5.77. The molecule has 0 fully saturated rings. The molecule has 0 aliphatic rings. The van der Waals surface area contributed by atoms with Crippen LogP contribution < -0.4 is 0 Å². The number of carbonyl (C=O) groups excluding carboxylic acids is 1. The summed E-state index contributed by atoms with van der Waals surface area (Å²) in [7, 11) is -3.16. The highest BCUT2D eigenvalue weighted by Crippen LogP contribution is 2.45. The van der Waals surface area contributed by atoms with E-state index in [-0.39, 0.29) is 10.8 Å². The molecule has 0 heterocycles. The number of phosphoric acid groups is 1. The summed E-state index contributed by atoms with van der Waals surface area (Å²) in [5.74, 6) is -0.596. The molecule has 0 spiro atoms. The first kappa shape index (κ1) is 16.4. The van der Waals surface area contributed by atoms with Crippen LogP contribution >= 0.6 is 19.4 Å². The number of nitrogens with zero attached hydrogens (tertiary/aromatic N) is 1. The normalized spacial score (nSPS) is 15.9. The molecule has 100 valence electrons. The lowest BCUT2D eigenvalue weighted by Crippen LogP contribution is -2.31. The molecule has 0 aliphatic heterocycles. The van der Waals surface area contributed by atoms with Crippen LogP contribution in [0.1, 0.15) is 20.8 Å². The third-order valence-electron chi connectivity index (χ3n) is 2.03. The van der Waals surface area contributed by atoms with Gasteiger partial charge in [0, 0.05) is 20.2 Å². The summed E-state index contributed by atoms with van der Waals surface area (Å²) in [6.07, 6.45) is 0. The molecule has 0 saturated heterocycles. The molecule has 1 atom stereocenters. The largest absolute Gasteiger partial charge is 0.526 e. The second kappa shape index (κ2) is 7.01. The quantitative estimate of drug-likeness (QED) is 0.459. The number of hydrogen-bond donors (Lipinski definition) is 1. The van der Waals surface area contributed by atoms with Crippen molar-refractivity contribution in [2.45, 2.75) is 20.8 Å². The predicted molar refractivity (Wildman–Crippen MR) is 64.4 cm³/mol. The molecule has 0 aromatic carbocycles. The zero-order valence-corrected chi connectivity index (χ0v) is 11.9. The molecule has 0 radical (unpaired) electrons. The SMILES string of the molecule is CCN(CC)C(=O)C(Cl)=C(C)OP(=O)(O)OC. The number of rotatable bonds is 6. The minimum absolute atomic E-state index is 0.142. The zero-order valence-electron chi connectivity index (χ0n) is 10.3. The summed E-state index contributed by atoms with van der Waals surface area (Å²) in [5, 5.41) is -0.236. The molecular formula is C9H17ClNO5P. The van der Waals surface area contributed by atoms with E-state index in [0.29, 0.717) is 13.1 Å². The molecule has 17 heavy (non-hydrogen) atoms. The molecule has 0 bridgehead atoms. The number of carbonyl (C=O) groups is 1. The van der Waals surface area contributed by atoms with E-state index in [1.807, 2.05) is 0 Å². The van der Waals surface area contributed by atoms with Gasteiger partial charge in [-0.2, -0.15) is 0 Å². The number of amides is 1. The van der Waals surface area contributed by atoms with Gasteiger partial charge < -0.3 is 9.42 Å². The van der Waals surface area contributed by atoms with Gasteiger partial charge >= 0.3 is 7.82 Å². The van der Waals surface area contributed by atoms with Crippen molar-refractivity contribution in [1.29, 1.82) is 0 Å². The highest BCUT2D eigenvalue weighted by Gasteiger charge is 2.24. The Bertz CT molecular complexity index is 353. The highest BCUT2D eigenvalue weighted by molar-refractivity contribution is 7.47. The van der Waals surface area contributed by atoms with E-state index in [9.17, 15) is 9.36 Å². The molecule has 0 saturated carbocycles. The van der Waals surface area contributed by atoms with Crippen molar-refractivity contribution in [2.24, 2.45) is 0 Å². The average molecular weight is 286 g/mol. The lowest BCUT2D eigenvalue weighted by molar-refractivity contribution is -0.126. The molecule has 1 unspecified atom stereocenters. The summed E-state index contributed by atoms with van der Waals surface area (Å²) in [5.41, 5.74) is 0. The third-order valence-corrected chi connectivity index (χ3v) is 3.42. The Kier molecular flexibility index (Phi) is 6.78. The van der Waals surface area contributed by atoms with Gasteiger partial charge in [-0.1, -0.05) is 11.6 Å². The topological polar surface area (TPSA) is 76.1 Å². The minimum atomic E-state index is -4.18. The first-order valence-electron chi connectivity index (χ1n) is 5.02. The number of halogens is 1. The number of phosphoric ester groups is 1. The van der Waals surface area contributed by atoms with E-state index < -0.39 is 13.7 Å². The molecule has 0 aromatic rings. The van der Waals surface area contributed by atoms with Gasteiger partial charge in [0.05, 0.1) is 0 Å². The van der Waals surface area contributed by atoms with Crippen LogP contribution in [0.3, 0.4) is 0 Å². The Morgan fingerprint density at radius 1 is 1.41 bits per heavy atom. The maximum absolute atomic E-state index is 11.8. The van der Waals surface area contributed by atoms with E-state index in [1.54, 1.807) is 13.8 Å². The van der Waals surface area contributed by atoms with Gasteiger partial charge in [0.15, 0.2) is 0 Å². The van der Waals surface area contributed by atoms with Crippen LogP contribution in [0.15, 0.2) is 10.8 Å². The first-order chi connectivity index (χ1) is 7.79. The Morgan fingerprint density at radius 2 is 1.88 bits per heavy atom. The first-order valence-corrected chi connectivity index (χ1v) is 6.90. The average Bonchev–Trinajstić information content (AvgIpc) is 2.28. The maximum atomic E-state index is 11.8. The van der Waals surface area contributed by atoms with Gasteiger partial charge in [-0.3, -0.25) is 14.2 Å². The van der Waals surface area contributed by atoms with Crippen LogP contribution in [-0.4, -0.2) is 35.9 Å². The highest BCUT2D eigenvalue weighted by atomic mass is 35.5.